The van der Waals surface area contributed by atoms with E-state index in [0.717, 1.165) is 5.56 Å². The van der Waals surface area contributed by atoms with E-state index in [1.54, 1.807) is 25.1 Å². The zero-order chi connectivity index (χ0) is 11.4. The lowest BCUT2D eigenvalue weighted by molar-refractivity contribution is 0.0943. The highest BCUT2D eigenvalue weighted by Gasteiger charge is 2.08. The van der Waals surface area contributed by atoms with Crippen molar-refractivity contribution in [3.8, 4) is 0 Å². The van der Waals surface area contributed by atoms with Crippen LogP contribution in [0.4, 0.5) is 0 Å². The van der Waals surface area contributed by atoms with E-state index < -0.39 is 0 Å². The molecular formula is C9H10ClN3OS. The number of amides is 1. The van der Waals surface area contributed by atoms with Gasteiger partial charge in [-0.05, 0) is 42.9 Å². The van der Waals surface area contributed by atoms with Gasteiger partial charge >= 0.3 is 0 Å². The summed E-state index contributed by atoms with van der Waals surface area (Å²) in [6, 6.07) is 4.98. The fraction of sp³-hybridized carbons (Fsp3) is 0.111. The van der Waals surface area contributed by atoms with E-state index in [2.05, 4.69) is 23.1 Å². The molecule has 6 heteroatoms. The first-order chi connectivity index (χ1) is 7.00. The number of aryl methyl sites for hydroxylation is 1. The maximum Gasteiger partial charge on any atom is 0.269 e. The maximum atomic E-state index is 11.5. The summed E-state index contributed by atoms with van der Waals surface area (Å²) in [5, 5.41) is 0.598. The Morgan fingerprint density at radius 3 is 2.67 bits per heavy atom. The van der Waals surface area contributed by atoms with Crippen LogP contribution in [0.25, 0.3) is 0 Å². The third-order valence-corrected chi connectivity index (χ3v) is 2.07. The minimum absolute atomic E-state index is 0.00923. The van der Waals surface area contributed by atoms with Crippen LogP contribution >= 0.6 is 23.8 Å². The Kier molecular flexibility index (Phi) is 3.88. The Bertz CT molecular complexity index is 408. The fourth-order valence-electron chi connectivity index (χ4n) is 1.07. The average molecular weight is 244 g/mol. The predicted octanol–water partition coefficient (Wildman–Crippen LogP) is 1.13. The molecule has 1 aromatic carbocycles. The molecule has 0 spiro atoms. The highest BCUT2D eigenvalue weighted by molar-refractivity contribution is 7.80. The van der Waals surface area contributed by atoms with Crippen LogP contribution in [0.5, 0.6) is 0 Å². The van der Waals surface area contributed by atoms with E-state index in [1.807, 2.05) is 0 Å². The Morgan fingerprint density at radius 1 is 1.47 bits per heavy atom. The normalized spacial score (nSPS) is 9.47. The number of hydrogen-bond acceptors (Lipinski definition) is 2. The van der Waals surface area contributed by atoms with Crippen LogP contribution in [-0.4, -0.2) is 11.0 Å². The molecule has 80 valence electrons. The molecule has 0 fully saturated rings. The van der Waals surface area contributed by atoms with Gasteiger partial charge in [0.2, 0.25) is 0 Å². The van der Waals surface area contributed by atoms with Crippen LogP contribution in [0.3, 0.4) is 0 Å². The van der Waals surface area contributed by atoms with E-state index >= 15 is 0 Å². The number of thiocarbonyl (C=S) groups is 1. The smallest absolute Gasteiger partial charge is 0.269 e. The largest absolute Gasteiger partial charge is 0.375 e. The minimum Gasteiger partial charge on any atom is -0.375 e. The number of halogens is 1. The molecule has 0 saturated heterocycles. The van der Waals surface area contributed by atoms with Gasteiger partial charge in [-0.1, -0.05) is 11.6 Å². The van der Waals surface area contributed by atoms with Crippen molar-refractivity contribution in [3.63, 3.8) is 0 Å². The maximum absolute atomic E-state index is 11.5. The van der Waals surface area contributed by atoms with Gasteiger partial charge in [-0.15, -0.1) is 0 Å². The molecular weight excluding hydrogens is 234 g/mol. The molecule has 0 aliphatic rings. The Morgan fingerprint density at radius 2 is 2.13 bits per heavy atom. The highest BCUT2D eigenvalue weighted by Crippen LogP contribution is 2.14. The molecule has 0 aliphatic heterocycles. The van der Waals surface area contributed by atoms with Crippen molar-refractivity contribution < 1.29 is 4.79 Å². The molecule has 0 unspecified atom stereocenters. The summed E-state index contributed by atoms with van der Waals surface area (Å²) in [6.45, 7) is 1.79. The number of nitrogens with one attached hydrogen (secondary N) is 2. The molecule has 0 saturated carbocycles. The van der Waals surface area contributed by atoms with Crippen molar-refractivity contribution in [2.75, 3.05) is 0 Å². The molecule has 0 heterocycles. The van der Waals surface area contributed by atoms with Crippen LogP contribution in [-0.2, 0) is 0 Å². The number of hydrazine groups is 1. The molecule has 1 amide bonds. The zero-order valence-corrected chi connectivity index (χ0v) is 9.58. The van der Waals surface area contributed by atoms with Gasteiger partial charge in [0, 0.05) is 10.6 Å². The summed E-state index contributed by atoms with van der Waals surface area (Å²) >= 11 is 10.3. The first-order valence-corrected chi connectivity index (χ1v) is 4.91. The summed E-state index contributed by atoms with van der Waals surface area (Å²) in [7, 11) is 0. The lowest BCUT2D eigenvalue weighted by Gasteiger charge is -2.08. The molecule has 15 heavy (non-hydrogen) atoms. The van der Waals surface area contributed by atoms with Crippen molar-refractivity contribution in [2.45, 2.75) is 6.92 Å². The Hall–Kier alpha value is -1.33. The lowest BCUT2D eigenvalue weighted by Crippen LogP contribution is -2.44. The second kappa shape index (κ2) is 4.95. The van der Waals surface area contributed by atoms with E-state index in [0.29, 0.717) is 10.6 Å². The number of hydrogen-bond donors (Lipinski definition) is 3. The second-order valence-electron chi connectivity index (χ2n) is 2.90. The summed E-state index contributed by atoms with van der Waals surface area (Å²) in [5.74, 6) is -0.308. The second-order valence-corrected chi connectivity index (χ2v) is 3.78. The first kappa shape index (κ1) is 11.7. The quantitative estimate of drug-likeness (QED) is 0.511. The Labute approximate surface area is 97.8 Å². The van der Waals surface area contributed by atoms with Crippen LogP contribution in [0, 0.1) is 6.92 Å². The third-order valence-electron chi connectivity index (χ3n) is 1.73. The molecule has 4 N–H and O–H groups in total. The van der Waals surface area contributed by atoms with E-state index in [-0.39, 0.29) is 11.0 Å². The Balaban J connectivity index is 2.78. The molecule has 1 rings (SSSR count). The van der Waals surface area contributed by atoms with Crippen molar-refractivity contribution in [1.82, 2.24) is 10.9 Å². The molecule has 0 radical (unpaired) electrons. The summed E-state index contributed by atoms with van der Waals surface area (Å²) in [6.07, 6.45) is 0. The fourth-order valence-corrected chi connectivity index (χ4v) is 1.35. The van der Waals surface area contributed by atoms with Crippen molar-refractivity contribution in [2.24, 2.45) is 5.73 Å². The van der Waals surface area contributed by atoms with Crippen LogP contribution < -0.4 is 16.6 Å². The number of rotatable bonds is 1. The summed E-state index contributed by atoms with van der Waals surface area (Å²) in [4.78, 5) is 11.5. The average Bonchev–Trinajstić information content (AvgIpc) is 2.14. The molecule has 1 aromatic rings. The number of nitrogens with two attached hydrogens (primary N) is 1. The summed E-state index contributed by atoms with van der Waals surface area (Å²) < 4.78 is 0. The van der Waals surface area contributed by atoms with Crippen LogP contribution in [0.15, 0.2) is 18.2 Å². The molecule has 0 aliphatic carbocycles. The lowest BCUT2D eigenvalue weighted by atomic mass is 10.1. The van der Waals surface area contributed by atoms with Crippen molar-refractivity contribution in [3.05, 3.63) is 34.3 Å². The van der Waals surface area contributed by atoms with E-state index in [4.69, 9.17) is 17.3 Å². The molecule has 0 atom stereocenters. The van der Waals surface area contributed by atoms with Crippen molar-refractivity contribution >= 4 is 34.8 Å². The number of carbonyl (C=O) groups excluding carboxylic acids is 1. The number of benzene rings is 1. The van der Waals surface area contributed by atoms with Crippen LogP contribution in [0.1, 0.15) is 15.9 Å². The van der Waals surface area contributed by atoms with Crippen LogP contribution in [0.2, 0.25) is 5.02 Å². The van der Waals surface area contributed by atoms with Gasteiger partial charge in [-0.2, -0.15) is 0 Å². The first-order valence-electron chi connectivity index (χ1n) is 4.12. The highest BCUT2D eigenvalue weighted by atomic mass is 35.5. The standard InChI is InChI=1S/C9H10ClN3OS/c1-5-4-6(10)2-3-7(5)8(14)12-13-9(11)15/h2-4H,1H3,(H,12,14)(H3,11,13,15). The number of carbonyl (C=O) groups is 1. The monoisotopic (exact) mass is 243 g/mol. The molecule has 0 aromatic heterocycles. The SMILES string of the molecule is Cc1cc(Cl)ccc1C(=O)NNC(N)=S. The van der Waals surface area contributed by atoms with Gasteiger partial charge in [0.1, 0.15) is 0 Å². The van der Waals surface area contributed by atoms with E-state index in [9.17, 15) is 4.79 Å². The molecule has 0 bridgehead atoms. The van der Waals surface area contributed by atoms with Gasteiger partial charge in [-0.25, -0.2) is 0 Å². The van der Waals surface area contributed by atoms with Gasteiger partial charge in [0.15, 0.2) is 5.11 Å². The van der Waals surface area contributed by atoms with Gasteiger partial charge in [-0.3, -0.25) is 15.6 Å². The predicted molar refractivity (Wildman–Crippen MR) is 63.6 cm³/mol. The zero-order valence-electron chi connectivity index (χ0n) is 8.00. The van der Waals surface area contributed by atoms with Gasteiger partial charge in [0.25, 0.3) is 5.91 Å². The molecule has 4 nitrogen and oxygen atoms in total. The topological polar surface area (TPSA) is 67.2 Å². The minimum atomic E-state index is -0.308. The van der Waals surface area contributed by atoms with Gasteiger partial charge < -0.3 is 5.73 Å². The van der Waals surface area contributed by atoms with E-state index in [1.165, 1.54) is 0 Å². The summed E-state index contributed by atoms with van der Waals surface area (Å²) in [5.41, 5.74) is 11.2. The van der Waals surface area contributed by atoms with Crippen molar-refractivity contribution in [1.29, 1.82) is 0 Å². The third kappa shape index (κ3) is 3.38. The van der Waals surface area contributed by atoms with Gasteiger partial charge in [0.05, 0.1) is 0 Å².